The molecule has 0 radical (unpaired) electrons. The lowest BCUT2D eigenvalue weighted by Crippen LogP contribution is -2.65. The van der Waals surface area contributed by atoms with Gasteiger partial charge in [-0.1, -0.05) is 25.1 Å². The summed E-state index contributed by atoms with van der Waals surface area (Å²) in [5.41, 5.74) is -0.945. The Hall–Kier alpha value is -3.75. The van der Waals surface area contributed by atoms with Gasteiger partial charge in [0.15, 0.2) is 0 Å². The van der Waals surface area contributed by atoms with Crippen LogP contribution >= 0.6 is 0 Å². The number of hydrogen-bond acceptors (Lipinski definition) is 3. The van der Waals surface area contributed by atoms with E-state index in [0.29, 0.717) is 17.0 Å². The number of carbonyl (C=O) groups excluding carboxylic acids is 2. The Labute approximate surface area is 176 Å². The number of halogens is 2. The fraction of sp³-hybridized carbons (Fsp3) is 0.227. The molecular formula is C22H21F2N3O4. The van der Waals surface area contributed by atoms with Crippen LogP contribution < -0.4 is 10.6 Å². The highest BCUT2D eigenvalue weighted by Gasteiger charge is 2.48. The molecule has 7 nitrogen and oxygen atoms in total. The highest BCUT2D eigenvalue weighted by atomic mass is 19.1. The van der Waals surface area contributed by atoms with Gasteiger partial charge in [0, 0.05) is 42.6 Å². The maximum atomic E-state index is 13.4. The molecule has 162 valence electrons. The summed E-state index contributed by atoms with van der Waals surface area (Å²) in [6.07, 6.45) is 1.21. The minimum absolute atomic E-state index is 0.0364. The molecule has 0 saturated heterocycles. The van der Waals surface area contributed by atoms with Gasteiger partial charge in [0.05, 0.1) is 0 Å². The Bertz CT molecular complexity index is 1120. The minimum Gasteiger partial charge on any atom is -0.479 e. The van der Waals surface area contributed by atoms with Crippen molar-refractivity contribution < 1.29 is 28.3 Å². The van der Waals surface area contributed by atoms with E-state index >= 15 is 0 Å². The van der Waals surface area contributed by atoms with Gasteiger partial charge >= 0.3 is 5.97 Å². The van der Waals surface area contributed by atoms with E-state index in [9.17, 15) is 28.3 Å². The summed E-state index contributed by atoms with van der Waals surface area (Å²) < 4.78 is 26.9. The van der Waals surface area contributed by atoms with E-state index in [-0.39, 0.29) is 24.9 Å². The summed E-state index contributed by atoms with van der Waals surface area (Å²) in [7, 11) is 0. The summed E-state index contributed by atoms with van der Waals surface area (Å²) in [6.45, 7) is 1.21. The smallest absolute Gasteiger partial charge is 0.339 e. The molecule has 1 atom stereocenters. The first kappa shape index (κ1) is 21.9. The lowest BCUT2D eigenvalue weighted by Gasteiger charge is -2.29. The van der Waals surface area contributed by atoms with Gasteiger partial charge < -0.3 is 20.7 Å². The largest absolute Gasteiger partial charge is 0.479 e. The maximum Gasteiger partial charge on any atom is 0.339 e. The molecular weight excluding hydrogens is 408 g/mol. The van der Waals surface area contributed by atoms with Gasteiger partial charge in [0.2, 0.25) is 11.4 Å². The number of carboxylic acids is 1. The lowest BCUT2D eigenvalue weighted by molar-refractivity contribution is -0.153. The molecule has 3 aromatic rings. The Morgan fingerprint density at radius 3 is 2.42 bits per heavy atom. The molecule has 1 heterocycles. The SMILES string of the molecule is CCC(=O)NC(Cc1c[nH]c2ccccc12)(C(=O)O)C(=O)NCc1cc(F)cc(F)c1. The zero-order chi connectivity index (χ0) is 22.6. The Balaban J connectivity index is 1.94. The average molecular weight is 429 g/mol. The van der Waals surface area contributed by atoms with Crippen LogP contribution in [0.2, 0.25) is 0 Å². The summed E-state index contributed by atoms with van der Waals surface area (Å²) in [6, 6.07) is 9.87. The molecule has 1 unspecified atom stereocenters. The predicted molar refractivity (Wildman–Crippen MR) is 109 cm³/mol. The van der Waals surface area contributed by atoms with Crippen LogP contribution in [0.4, 0.5) is 8.78 Å². The maximum absolute atomic E-state index is 13.4. The first-order chi connectivity index (χ1) is 14.7. The number of aromatic nitrogens is 1. The van der Waals surface area contributed by atoms with Gasteiger partial charge in [-0.05, 0) is 29.3 Å². The summed E-state index contributed by atoms with van der Waals surface area (Å²) >= 11 is 0. The number of H-pyrrole nitrogens is 1. The van der Waals surface area contributed by atoms with Crippen molar-refractivity contribution >= 4 is 28.7 Å². The van der Waals surface area contributed by atoms with E-state index < -0.39 is 35.0 Å². The molecule has 0 aliphatic carbocycles. The lowest BCUT2D eigenvalue weighted by atomic mass is 9.89. The quantitative estimate of drug-likeness (QED) is 0.413. The van der Waals surface area contributed by atoms with Gasteiger partial charge in [-0.25, -0.2) is 13.6 Å². The second kappa shape index (κ2) is 8.95. The number of aromatic amines is 1. The van der Waals surface area contributed by atoms with Crippen molar-refractivity contribution in [2.75, 3.05) is 0 Å². The number of carboxylic acid groups (broad SMARTS) is 1. The fourth-order valence-electron chi connectivity index (χ4n) is 3.34. The van der Waals surface area contributed by atoms with Gasteiger partial charge in [-0.15, -0.1) is 0 Å². The summed E-state index contributed by atoms with van der Waals surface area (Å²) in [5.74, 6) is -4.84. The third kappa shape index (κ3) is 4.71. The average Bonchev–Trinajstić information content (AvgIpc) is 3.13. The number of rotatable bonds is 8. The summed E-state index contributed by atoms with van der Waals surface area (Å²) in [4.78, 5) is 40.5. The van der Waals surface area contributed by atoms with Crippen molar-refractivity contribution in [2.24, 2.45) is 0 Å². The van der Waals surface area contributed by atoms with Crippen molar-refractivity contribution in [3.63, 3.8) is 0 Å². The van der Waals surface area contributed by atoms with Gasteiger partial charge in [0.25, 0.3) is 5.91 Å². The normalized spacial score (nSPS) is 12.9. The molecule has 31 heavy (non-hydrogen) atoms. The van der Waals surface area contributed by atoms with Crippen LogP contribution in [0.15, 0.2) is 48.7 Å². The zero-order valence-corrected chi connectivity index (χ0v) is 16.7. The topological polar surface area (TPSA) is 111 Å². The molecule has 0 aliphatic heterocycles. The predicted octanol–water partition coefficient (Wildman–Crippen LogP) is 2.65. The number of hydrogen-bond donors (Lipinski definition) is 4. The van der Waals surface area contributed by atoms with Crippen LogP contribution in [0, 0.1) is 11.6 Å². The third-order valence-corrected chi connectivity index (χ3v) is 4.93. The van der Waals surface area contributed by atoms with Crippen molar-refractivity contribution in [3.8, 4) is 0 Å². The molecule has 4 N–H and O–H groups in total. The molecule has 9 heteroatoms. The molecule has 3 rings (SSSR count). The van der Waals surface area contributed by atoms with E-state index in [1.54, 1.807) is 30.5 Å². The van der Waals surface area contributed by atoms with Crippen LogP contribution in [0.3, 0.4) is 0 Å². The van der Waals surface area contributed by atoms with Crippen molar-refractivity contribution in [1.29, 1.82) is 0 Å². The highest BCUT2D eigenvalue weighted by molar-refractivity contribution is 6.10. The van der Waals surface area contributed by atoms with Crippen molar-refractivity contribution in [3.05, 3.63) is 71.4 Å². The van der Waals surface area contributed by atoms with E-state index in [1.165, 1.54) is 6.92 Å². The van der Waals surface area contributed by atoms with Crippen molar-refractivity contribution in [2.45, 2.75) is 31.8 Å². The zero-order valence-electron chi connectivity index (χ0n) is 16.7. The van der Waals surface area contributed by atoms with Crippen LogP contribution in [0.5, 0.6) is 0 Å². The molecule has 0 bridgehead atoms. The number of carbonyl (C=O) groups is 3. The standard InChI is InChI=1S/C22H21F2N3O4/c1-2-19(28)27-22(21(30)31,10-14-12-25-18-6-4-3-5-17(14)18)20(29)26-11-13-7-15(23)9-16(24)8-13/h3-9,12,25H,2,10-11H2,1H3,(H,26,29)(H,27,28)(H,30,31). The van der Waals surface area contributed by atoms with Crippen LogP contribution in [0.25, 0.3) is 10.9 Å². The number of nitrogens with one attached hydrogen (secondary N) is 3. The first-order valence-electron chi connectivity index (χ1n) is 9.58. The van der Waals surface area contributed by atoms with Crippen LogP contribution in [0.1, 0.15) is 24.5 Å². The second-order valence-corrected chi connectivity index (χ2v) is 7.11. The van der Waals surface area contributed by atoms with E-state index in [1.807, 2.05) is 0 Å². The van der Waals surface area contributed by atoms with Crippen molar-refractivity contribution in [1.82, 2.24) is 15.6 Å². The van der Waals surface area contributed by atoms with Gasteiger partial charge in [-0.3, -0.25) is 9.59 Å². The minimum atomic E-state index is -2.32. The highest BCUT2D eigenvalue weighted by Crippen LogP contribution is 2.24. The van der Waals surface area contributed by atoms with Crippen LogP contribution in [-0.2, 0) is 27.3 Å². The first-order valence-corrected chi connectivity index (χ1v) is 9.58. The number of fused-ring (bicyclic) bond motifs is 1. The fourth-order valence-corrected chi connectivity index (χ4v) is 3.34. The number of para-hydroxylation sites is 1. The van der Waals surface area contributed by atoms with E-state index in [4.69, 9.17) is 0 Å². The number of aliphatic carboxylic acids is 1. The Morgan fingerprint density at radius 1 is 1.10 bits per heavy atom. The van der Waals surface area contributed by atoms with E-state index in [0.717, 1.165) is 17.6 Å². The molecule has 0 saturated carbocycles. The summed E-state index contributed by atoms with van der Waals surface area (Å²) in [5, 5.41) is 15.4. The molecule has 0 aliphatic rings. The second-order valence-electron chi connectivity index (χ2n) is 7.11. The monoisotopic (exact) mass is 429 g/mol. The Kier molecular flexibility index (Phi) is 6.33. The molecule has 1 aromatic heterocycles. The molecule has 0 fully saturated rings. The third-order valence-electron chi connectivity index (χ3n) is 4.93. The Morgan fingerprint density at radius 2 is 1.77 bits per heavy atom. The van der Waals surface area contributed by atoms with Gasteiger partial charge in [-0.2, -0.15) is 0 Å². The van der Waals surface area contributed by atoms with E-state index in [2.05, 4.69) is 15.6 Å². The number of benzene rings is 2. The molecule has 0 spiro atoms. The van der Waals surface area contributed by atoms with Crippen LogP contribution in [-0.4, -0.2) is 33.4 Å². The number of amides is 2. The molecule has 2 amide bonds. The molecule has 2 aromatic carbocycles. The van der Waals surface area contributed by atoms with Gasteiger partial charge in [0.1, 0.15) is 11.6 Å².